The van der Waals surface area contributed by atoms with Gasteiger partial charge in [-0.1, -0.05) is 30.3 Å². The van der Waals surface area contributed by atoms with Crippen molar-refractivity contribution in [3.05, 3.63) is 59.2 Å². The fourth-order valence-electron chi connectivity index (χ4n) is 4.48. The molecule has 0 radical (unpaired) electrons. The molecule has 0 atom stereocenters. The van der Waals surface area contributed by atoms with Crippen LogP contribution in [0.1, 0.15) is 35.4 Å². The van der Waals surface area contributed by atoms with Crippen LogP contribution in [-0.4, -0.2) is 43.1 Å². The molecule has 1 aliphatic rings. The van der Waals surface area contributed by atoms with E-state index in [9.17, 15) is 0 Å². The number of piperidine rings is 1. The average Bonchev–Trinajstić information content (AvgIpc) is 3.03. The molecule has 3 heteroatoms. The van der Waals surface area contributed by atoms with Crippen molar-refractivity contribution >= 4 is 10.9 Å². The van der Waals surface area contributed by atoms with Crippen molar-refractivity contribution in [2.75, 3.05) is 33.2 Å². The number of H-pyrrole nitrogens is 1. The first kappa shape index (κ1) is 18.3. The van der Waals surface area contributed by atoms with E-state index < -0.39 is 0 Å². The van der Waals surface area contributed by atoms with Gasteiger partial charge in [0.1, 0.15) is 0 Å². The van der Waals surface area contributed by atoms with Gasteiger partial charge in [0, 0.05) is 35.2 Å². The number of nitrogens with zero attached hydrogens (tertiary/aromatic N) is 1. The van der Waals surface area contributed by atoms with Crippen molar-refractivity contribution in [1.29, 1.82) is 0 Å². The molecule has 0 aliphatic carbocycles. The molecule has 1 saturated heterocycles. The van der Waals surface area contributed by atoms with E-state index in [1.54, 1.807) is 0 Å². The molecule has 0 unspecified atom stereocenters. The molecule has 0 bridgehead atoms. The maximum atomic E-state index is 3.67. The molecule has 27 heavy (non-hydrogen) atoms. The summed E-state index contributed by atoms with van der Waals surface area (Å²) >= 11 is 0. The van der Waals surface area contributed by atoms with Crippen molar-refractivity contribution < 1.29 is 0 Å². The quantitative estimate of drug-likeness (QED) is 0.680. The molecule has 1 aliphatic heterocycles. The summed E-state index contributed by atoms with van der Waals surface area (Å²) < 4.78 is 0. The summed E-state index contributed by atoms with van der Waals surface area (Å²) in [4.78, 5) is 6.25. The summed E-state index contributed by atoms with van der Waals surface area (Å²) in [7, 11) is 2.03. The number of rotatable bonds is 5. The van der Waals surface area contributed by atoms with Crippen molar-refractivity contribution in [3.63, 3.8) is 0 Å². The molecule has 142 valence electrons. The van der Waals surface area contributed by atoms with Gasteiger partial charge in [-0.15, -0.1) is 0 Å². The number of fused-ring (bicyclic) bond motifs is 1. The third-order valence-corrected chi connectivity index (χ3v) is 6.23. The number of hydrogen-bond acceptors (Lipinski definition) is 2. The number of aryl methyl sites for hydroxylation is 2. The van der Waals surface area contributed by atoms with Crippen LogP contribution in [0, 0.1) is 13.8 Å². The fourth-order valence-corrected chi connectivity index (χ4v) is 4.48. The Balaban J connectivity index is 1.58. The Kier molecular flexibility index (Phi) is 5.33. The predicted octanol–water partition coefficient (Wildman–Crippen LogP) is 4.85. The fraction of sp³-hybridized carbons (Fsp3) is 0.417. The van der Waals surface area contributed by atoms with E-state index in [4.69, 9.17) is 0 Å². The molecule has 2 aromatic carbocycles. The lowest BCUT2D eigenvalue weighted by Crippen LogP contribution is -2.37. The molecule has 2 heterocycles. The van der Waals surface area contributed by atoms with Crippen LogP contribution >= 0.6 is 0 Å². The van der Waals surface area contributed by atoms with Crippen LogP contribution < -0.4 is 5.32 Å². The third-order valence-electron chi connectivity index (χ3n) is 6.23. The number of aromatic nitrogens is 1. The maximum Gasteiger partial charge on any atom is 0.0497 e. The summed E-state index contributed by atoms with van der Waals surface area (Å²) in [5.74, 6) is 0.691. The van der Waals surface area contributed by atoms with Crippen LogP contribution in [-0.2, 0) is 0 Å². The molecule has 0 saturated carbocycles. The lowest BCUT2D eigenvalue weighted by molar-refractivity contribution is 0.214. The Hall–Kier alpha value is -2.10. The minimum atomic E-state index is 0.691. The third kappa shape index (κ3) is 3.67. The van der Waals surface area contributed by atoms with Crippen molar-refractivity contribution in [1.82, 2.24) is 15.2 Å². The average molecular weight is 362 g/mol. The van der Waals surface area contributed by atoms with E-state index in [-0.39, 0.29) is 0 Å². The van der Waals surface area contributed by atoms with Gasteiger partial charge in [-0.2, -0.15) is 0 Å². The summed E-state index contributed by atoms with van der Waals surface area (Å²) in [6.07, 6.45) is 2.53. The normalized spacial score (nSPS) is 16.3. The monoisotopic (exact) mass is 361 g/mol. The highest BCUT2D eigenvalue weighted by Crippen LogP contribution is 2.35. The van der Waals surface area contributed by atoms with E-state index in [0.29, 0.717) is 5.92 Å². The van der Waals surface area contributed by atoms with E-state index >= 15 is 0 Å². The SMILES string of the molecule is CNCCN1CCC(c2ccc3[nH]c(-c4ccccc4C)c(C)c3c2)CC1. The van der Waals surface area contributed by atoms with Crippen LogP contribution in [0.4, 0.5) is 0 Å². The van der Waals surface area contributed by atoms with Gasteiger partial charge in [0.15, 0.2) is 0 Å². The van der Waals surface area contributed by atoms with Gasteiger partial charge in [-0.05, 0) is 81.6 Å². The Bertz CT molecular complexity index is 917. The summed E-state index contributed by atoms with van der Waals surface area (Å²) in [5.41, 5.74) is 8.02. The maximum absolute atomic E-state index is 3.67. The molecule has 0 spiro atoms. The number of likely N-dealkylation sites (tertiary alicyclic amines) is 1. The predicted molar refractivity (Wildman–Crippen MR) is 116 cm³/mol. The van der Waals surface area contributed by atoms with Gasteiger partial charge in [-0.25, -0.2) is 0 Å². The number of nitrogens with one attached hydrogen (secondary N) is 2. The van der Waals surface area contributed by atoms with Crippen LogP contribution in [0.5, 0.6) is 0 Å². The molecular weight excluding hydrogens is 330 g/mol. The smallest absolute Gasteiger partial charge is 0.0497 e. The van der Waals surface area contributed by atoms with E-state index in [1.807, 2.05) is 7.05 Å². The Morgan fingerprint density at radius 2 is 1.85 bits per heavy atom. The number of hydrogen-bond donors (Lipinski definition) is 2. The van der Waals surface area contributed by atoms with Gasteiger partial charge < -0.3 is 15.2 Å². The molecule has 1 fully saturated rings. The van der Waals surface area contributed by atoms with Crippen molar-refractivity contribution in [2.24, 2.45) is 0 Å². The molecule has 3 nitrogen and oxygen atoms in total. The van der Waals surface area contributed by atoms with E-state index in [2.05, 4.69) is 71.5 Å². The molecule has 3 aromatic rings. The topological polar surface area (TPSA) is 31.1 Å². The van der Waals surface area contributed by atoms with Gasteiger partial charge in [0.25, 0.3) is 0 Å². The van der Waals surface area contributed by atoms with Gasteiger partial charge in [0.2, 0.25) is 0 Å². The number of aromatic amines is 1. The summed E-state index contributed by atoms with van der Waals surface area (Å²) in [6, 6.07) is 15.7. The van der Waals surface area contributed by atoms with E-state index in [1.165, 1.54) is 71.3 Å². The first-order chi connectivity index (χ1) is 13.2. The minimum Gasteiger partial charge on any atom is -0.354 e. The van der Waals surface area contributed by atoms with Gasteiger partial charge in [0.05, 0.1) is 0 Å². The van der Waals surface area contributed by atoms with Crippen molar-refractivity contribution in [2.45, 2.75) is 32.6 Å². The van der Waals surface area contributed by atoms with Crippen LogP contribution in [0.2, 0.25) is 0 Å². The van der Waals surface area contributed by atoms with Crippen LogP contribution in [0.15, 0.2) is 42.5 Å². The summed E-state index contributed by atoms with van der Waals surface area (Å²) in [6.45, 7) is 9.12. The first-order valence-electron chi connectivity index (χ1n) is 10.2. The molecular formula is C24H31N3. The Morgan fingerprint density at radius 3 is 2.59 bits per heavy atom. The zero-order valence-corrected chi connectivity index (χ0v) is 16.8. The van der Waals surface area contributed by atoms with Crippen LogP contribution in [0.3, 0.4) is 0 Å². The van der Waals surface area contributed by atoms with Gasteiger partial charge in [-0.3, -0.25) is 0 Å². The second-order valence-corrected chi connectivity index (χ2v) is 7.96. The molecule has 1 aromatic heterocycles. The zero-order chi connectivity index (χ0) is 18.8. The largest absolute Gasteiger partial charge is 0.354 e. The second-order valence-electron chi connectivity index (χ2n) is 7.96. The minimum absolute atomic E-state index is 0.691. The lowest BCUT2D eigenvalue weighted by atomic mass is 9.88. The van der Waals surface area contributed by atoms with Crippen LogP contribution in [0.25, 0.3) is 22.2 Å². The number of benzene rings is 2. The molecule has 2 N–H and O–H groups in total. The van der Waals surface area contributed by atoms with Gasteiger partial charge >= 0.3 is 0 Å². The Morgan fingerprint density at radius 1 is 1.07 bits per heavy atom. The zero-order valence-electron chi connectivity index (χ0n) is 16.8. The number of likely N-dealkylation sites (N-methyl/N-ethyl adjacent to an activating group) is 1. The van der Waals surface area contributed by atoms with Crippen molar-refractivity contribution in [3.8, 4) is 11.3 Å². The summed E-state index contributed by atoms with van der Waals surface area (Å²) in [5, 5.41) is 4.64. The first-order valence-corrected chi connectivity index (χ1v) is 10.2. The highest BCUT2D eigenvalue weighted by molar-refractivity contribution is 5.91. The highest BCUT2D eigenvalue weighted by atomic mass is 15.1. The molecule has 4 rings (SSSR count). The highest BCUT2D eigenvalue weighted by Gasteiger charge is 2.21. The second kappa shape index (κ2) is 7.87. The standard InChI is InChI=1S/C24H31N3/c1-17-6-4-5-7-21(17)24-18(2)22-16-20(8-9-23(22)26-24)19-10-13-27(14-11-19)15-12-25-3/h4-9,16,19,25-26H,10-15H2,1-3H3. The molecule has 0 amide bonds. The lowest BCUT2D eigenvalue weighted by Gasteiger charge is -2.32. The Labute approximate surface area is 162 Å². The van der Waals surface area contributed by atoms with E-state index in [0.717, 1.165) is 6.54 Å².